The Kier molecular flexibility index (Phi) is 4.65. The molecular weight excluding hydrogens is 332 g/mol. The van der Waals surface area contributed by atoms with Gasteiger partial charge in [0.05, 0.1) is 5.52 Å². The molecule has 26 heavy (non-hydrogen) atoms. The number of nitrogens with one attached hydrogen (secondary N) is 1. The van der Waals surface area contributed by atoms with Crippen molar-refractivity contribution in [3.05, 3.63) is 47.9 Å². The Labute approximate surface area is 150 Å². The van der Waals surface area contributed by atoms with Crippen molar-refractivity contribution < 1.29 is 9.53 Å². The van der Waals surface area contributed by atoms with Crippen molar-refractivity contribution in [3.8, 4) is 6.01 Å². The zero-order chi connectivity index (χ0) is 17.8. The number of aldehydes is 1. The first-order chi connectivity index (χ1) is 12.8. The van der Waals surface area contributed by atoms with E-state index in [4.69, 9.17) is 4.74 Å². The van der Waals surface area contributed by atoms with Crippen LogP contribution in [0.2, 0.25) is 0 Å². The highest BCUT2D eigenvalue weighted by molar-refractivity contribution is 6.01. The predicted molar refractivity (Wildman–Crippen MR) is 96.4 cm³/mol. The Morgan fingerprint density at radius 1 is 1.23 bits per heavy atom. The van der Waals surface area contributed by atoms with Gasteiger partial charge in [0.15, 0.2) is 6.29 Å². The van der Waals surface area contributed by atoms with Crippen LogP contribution < -0.4 is 15.0 Å². The Morgan fingerprint density at radius 2 is 2.12 bits per heavy atom. The molecule has 1 fully saturated rings. The second-order valence-electron chi connectivity index (χ2n) is 5.95. The number of piperazine rings is 1. The average molecular weight is 350 g/mol. The maximum absolute atomic E-state index is 11.5. The van der Waals surface area contributed by atoms with Crippen LogP contribution in [0.4, 0.5) is 5.69 Å². The molecule has 0 aliphatic carbocycles. The number of nitrogens with zero attached hydrogens (tertiary/aromatic N) is 5. The van der Waals surface area contributed by atoms with E-state index in [2.05, 4.69) is 30.4 Å². The number of carbonyl (C=O) groups excluding carboxylic acids is 1. The van der Waals surface area contributed by atoms with Gasteiger partial charge in [0.1, 0.15) is 12.3 Å². The molecule has 3 aromatic rings. The van der Waals surface area contributed by atoms with Gasteiger partial charge >= 0.3 is 6.01 Å². The largest absolute Gasteiger partial charge is 0.457 e. The molecule has 0 saturated carbocycles. The third-order valence-electron chi connectivity index (χ3n) is 4.30. The lowest BCUT2D eigenvalue weighted by Crippen LogP contribution is -2.43. The van der Waals surface area contributed by atoms with Gasteiger partial charge in [-0.3, -0.25) is 4.79 Å². The standard InChI is InChI=1S/C18H18N6O2/c25-11-13-3-4-16(24-8-6-19-7-9-24)15-10-20-18(22-17(13)15)26-12-14-2-1-5-21-23-14/h1-5,10-11,19H,6-9,12H2. The van der Waals surface area contributed by atoms with Gasteiger partial charge in [-0.05, 0) is 24.3 Å². The van der Waals surface area contributed by atoms with Crippen LogP contribution in [-0.2, 0) is 6.61 Å². The van der Waals surface area contributed by atoms with Crippen LogP contribution in [-0.4, -0.2) is 52.6 Å². The molecular formula is C18H18N6O2. The summed E-state index contributed by atoms with van der Waals surface area (Å²) in [5.74, 6) is 0. The fourth-order valence-electron chi connectivity index (χ4n) is 3.01. The summed E-state index contributed by atoms with van der Waals surface area (Å²) < 4.78 is 5.62. The average Bonchev–Trinajstić information content (AvgIpc) is 2.72. The SMILES string of the molecule is O=Cc1ccc(N2CCNCC2)c2cnc(OCc3cccnn3)nc12. The fraction of sp³-hybridized carbons (Fsp3) is 0.278. The Bertz CT molecular complexity index is 912. The second kappa shape index (κ2) is 7.40. The van der Waals surface area contributed by atoms with Crippen molar-refractivity contribution in [2.24, 2.45) is 0 Å². The monoisotopic (exact) mass is 350 g/mol. The van der Waals surface area contributed by atoms with Gasteiger partial charge in [0, 0.05) is 55.2 Å². The molecule has 1 N–H and O–H groups in total. The normalized spacial score (nSPS) is 14.4. The zero-order valence-corrected chi connectivity index (χ0v) is 14.1. The van der Waals surface area contributed by atoms with E-state index < -0.39 is 0 Å². The van der Waals surface area contributed by atoms with Crippen molar-refractivity contribution in [1.29, 1.82) is 0 Å². The van der Waals surface area contributed by atoms with Gasteiger partial charge in [-0.2, -0.15) is 15.2 Å². The molecule has 0 unspecified atom stereocenters. The van der Waals surface area contributed by atoms with E-state index in [0.29, 0.717) is 16.8 Å². The lowest BCUT2D eigenvalue weighted by atomic mass is 10.1. The minimum Gasteiger partial charge on any atom is -0.457 e. The molecule has 2 aromatic heterocycles. The van der Waals surface area contributed by atoms with Crippen molar-refractivity contribution in [1.82, 2.24) is 25.5 Å². The maximum Gasteiger partial charge on any atom is 0.317 e. The number of fused-ring (bicyclic) bond motifs is 1. The number of carbonyl (C=O) groups is 1. The summed E-state index contributed by atoms with van der Waals surface area (Å²) in [4.78, 5) is 22.5. The molecule has 0 atom stereocenters. The Balaban J connectivity index is 1.66. The maximum atomic E-state index is 11.5. The summed E-state index contributed by atoms with van der Waals surface area (Å²) in [5, 5.41) is 12.0. The van der Waals surface area contributed by atoms with Crippen LogP contribution in [0, 0.1) is 0 Å². The van der Waals surface area contributed by atoms with Crippen molar-refractivity contribution in [2.45, 2.75) is 6.61 Å². The molecule has 0 radical (unpaired) electrons. The summed E-state index contributed by atoms with van der Waals surface area (Å²) in [6.07, 6.45) is 4.13. The summed E-state index contributed by atoms with van der Waals surface area (Å²) >= 11 is 0. The van der Waals surface area contributed by atoms with E-state index in [1.165, 1.54) is 0 Å². The van der Waals surface area contributed by atoms with Crippen molar-refractivity contribution in [2.75, 3.05) is 31.1 Å². The molecule has 0 spiro atoms. The molecule has 3 heterocycles. The summed E-state index contributed by atoms with van der Waals surface area (Å²) in [6, 6.07) is 7.57. The molecule has 4 rings (SSSR count). The molecule has 1 aliphatic rings. The summed E-state index contributed by atoms with van der Waals surface area (Å²) in [7, 11) is 0. The number of aromatic nitrogens is 4. The molecule has 132 valence electrons. The number of hydrogen-bond donors (Lipinski definition) is 1. The number of anilines is 1. The molecule has 8 nitrogen and oxygen atoms in total. The van der Waals surface area contributed by atoms with E-state index in [9.17, 15) is 4.79 Å². The fourth-order valence-corrected chi connectivity index (χ4v) is 3.01. The van der Waals surface area contributed by atoms with Crippen molar-refractivity contribution >= 4 is 22.9 Å². The molecule has 1 saturated heterocycles. The topological polar surface area (TPSA) is 93.1 Å². The number of benzene rings is 1. The first-order valence-corrected chi connectivity index (χ1v) is 8.45. The van der Waals surface area contributed by atoms with Gasteiger partial charge in [0.25, 0.3) is 0 Å². The summed E-state index contributed by atoms with van der Waals surface area (Å²) in [6.45, 7) is 3.88. The first-order valence-electron chi connectivity index (χ1n) is 8.45. The molecule has 8 heteroatoms. The van der Waals surface area contributed by atoms with Crippen LogP contribution >= 0.6 is 0 Å². The highest BCUT2D eigenvalue weighted by atomic mass is 16.5. The third kappa shape index (κ3) is 3.31. The third-order valence-corrected chi connectivity index (χ3v) is 4.30. The lowest BCUT2D eigenvalue weighted by molar-refractivity contribution is 0.112. The van der Waals surface area contributed by atoms with Crippen LogP contribution in [0.1, 0.15) is 16.1 Å². The summed E-state index contributed by atoms with van der Waals surface area (Å²) in [5.41, 5.74) is 2.83. The zero-order valence-electron chi connectivity index (χ0n) is 14.1. The number of hydrogen-bond acceptors (Lipinski definition) is 8. The highest BCUT2D eigenvalue weighted by Crippen LogP contribution is 2.28. The number of rotatable bonds is 5. The van der Waals surface area contributed by atoms with Crippen LogP contribution in [0.3, 0.4) is 0 Å². The second-order valence-corrected chi connectivity index (χ2v) is 5.95. The number of ether oxygens (including phenoxy) is 1. The van der Waals surface area contributed by atoms with Gasteiger partial charge < -0.3 is 15.0 Å². The quantitative estimate of drug-likeness (QED) is 0.687. The Morgan fingerprint density at radius 3 is 2.88 bits per heavy atom. The van der Waals surface area contributed by atoms with Crippen LogP contribution in [0.15, 0.2) is 36.7 Å². The van der Waals surface area contributed by atoms with E-state index in [0.717, 1.165) is 43.5 Å². The van der Waals surface area contributed by atoms with Crippen LogP contribution in [0.25, 0.3) is 10.9 Å². The molecule has 0 amide bonds. The Hall–Kier alpha value is -3.13. The van der Waals surface area contributed by atoms with Gasteiger partial charge in [-0.15, -0.1) is 0 Å². The highest BCUT2D eigenvalue weighted by Gasteiger charge is 2.16. The van der Waals surface area contributed by atoms with Gasteiger partial charge in [-0.1, -0.05) is 0 Å². The van der Waals surface area contributed by atoms with Crippen molar-refractivity contribution in [3.63, 3.8) is 0 Å². The van der Waals surface area contributed by atoms with Gasteiger partial charge in [0.2, 0.25) is 0 Å². The predicted octanol–water partition coefficient (Wildman–Crippen LogP) is 1.22. The molecule has 1 aliphatic heterocycles. The smallest absolute Gasteiger partial charge is 0.317 e. The molecule has 1 aromatic carbocycles. The minimum atomic E-state index is 0.212. The van der Waals surface area contributed by atoms with Gasteiger partial charge in [-0.25, -0.2) is 4.98 Å². The van der Waals surface area contributed by atoms with E-state index in [1.807, 2.05) is 12.1 Å². The molecule has 0 bridgehead atoms. The van der Waals surface area contributed by atoms with E-state index in [1.54, 1.807) is 24.5 Å². The minimum absolute atomic E-state index is 0.212. The first kappa shape index (κ1) is 16.3. The van der Waals surface area contributed by atoms with E-state index in [-0.39, 0.29) is 12.6 Å². The lowest BCUT2D eigenvalue weighted by Gasteiger charge is -2.30. The van der Waals surface area contributed by atoms with E-state index >= 15 is 0 Å². The van der Waals surface area contributed by atoms with Crippen LogP contribution in [0.5, 0.6) is 6.01 Å².